The van der Waals surface area contributed by atoms with E-state index in [1.807, 2.05) is 38.2 Å². The number of likely N-dealkylation sites (N-methyl/N-ethyl adjacent to an activating group) is 1. The number of methoxy groups -OCH3 is 1. The fourth-order valence-electron chi connectivity index (χ4n) is 2.59. The number of carbonyl (C=O) groups is 1. The molecule has 22 heavy (non-hydrogen) atoms. The van der Waals surface area contributed by atoms with Gasteiger partial charge in [-0.15, -0.1) is 0 Å². The predicted molar refractivity (Wildman–Crippen MR) is 85.8 cm³/mol. The van der Waals surface area contributed by atoms with E-state index in [0.29, 0.717) is 6.42 Å². The van der Waals surface area contributed by atoms with Gasteiger partial charge in [-0.3, -0.25) is 4.79 Å². The normalized spacial score (nSPS) is 12.0. The van der Waals surface area contributed by atoms with E-state index in [-0.39, 0.29) is 11.9 Å². The number of amides is 1. The van der Waals surface area contributed by atoms with Crippen LogP contribution in [0.25, 0.3) is 0 Å². The van der Waals surface area contributed by atoms with E-state index in [4.69, 9.17) is 4.74 Å². The average Bonchev–Trinajstić information content (AvgIpc) is 2.93. The maximum absolute atomic E-state index is 12.5. The van der Waals surface area contributed by atoms with Gasteiger partial charge in [-0.25, -0.2) is 4.98 Å². The lowest BCUT2D eigenvalue weighted by Gasteiger charge is -2.28. The number of aryl methyl sites for hydroxylation is 1. The van der Waals surface area contributed by atoms with Crippen molar-refractivity contribution in [1.29, 1.82) is 0 Å². The second-order valence-corrected chi connectivity index (χ2v) is 5.36. The highest BCUT2D eigenvalue weighted by molar-refractivity contribution is 5.78. The molecule has 0 aliphatic carbocycles. The SMILES string of the molecule is CCC(c1cccc(OC)c1)N(C)C(=O)Cc1nc[nH]c1C. The highest BCUT2D eigenvalue weighted by atomic mass is 16.5. The van der Waals surface area contributed by atoms with Crippen LogP contribution in [0.3, 0.4) is 0 Å². The van der Waals surface area contributed by atoms with Crippen LogP contribution in [-0.2, 0) is 11.2 Å². The lowest BCUT2D eigenvalue weighted by Crippen LogP contribution is -2.32. The predicted octanol–water partition coefficient (Wildman–Crippen LogP) is 2.88. The van der Waals surface area contributed by atoms with E-state index >= 15 is 0 Å². The molecule has 0 saturated heterocycles. The highest BCUT2D eigenvalue weighted by Crippen LogP contribution is 2.26. The van der Waals surface area contributed by atoms with Gasteiger partial charge in [0.25, 0.3) is 0 Å². The second kappa shape index (κ2) is 7.11. The number of benzene rings is 1. The Kier molecular flexibility index (Phi) is 5.20. The summed E-state index contributed by atoms with van der Waals surface area (Å²) >= 11 is 0. The third kappa shape index (κ3) is 3.47. The lowest BCUT2D eigenvalue weighted by atomic mass is 10.0. The van der Waals surface area contributed by atoms with E-state index in [0.717, 1.165) is 29.1 Å². The van der Waals surface area contributed by atoms with Gasteiger partial charge in [-0.1, -0.05) is 19.1 Å². The Bertz CT molecular complexity index is 636. The van der Waals surface area contributed by atoms with Crippen molar-refractivity contribution in [2.75, 3.05) is 14.2 Å². The Balaban J connectivity index is 2.15. The Hall–Kier alpha value is -2.30. The van der Waals surface area contributed by atoms with E-state index in [1.54, 1.807) is 18.3 Å². The van der Waals surface area contributed by atoms with E-state index in [9.17, 15) is 4.79 Å². The van der Waals surface area contributed by atoms with E-state index in [2.05, 4.69) is 16.9 Å². The van der Waals surface area contributed by atoms with E-state index < -0.39 is 0 Å². The molecule has 0 fully saturated rings. The molecule has 1 N–H and O–H groups in total. The number of imidazole rings is 1. The van der Waals surface area contributed by atoms with Crippen LogP contribution in [0.5, 0.6) is 5.75 Å². The third-order valence-corrected chi connectivity index (χ3v) is 3.98. The first-order chi connectivity index (χ1) is 10.6. The monoisotopic (exact) mass is 301 g/mol. The van der Waals surface area contributed by atoms with Crippen LogP contribution >= 0.6 is 0 Å². The summed E-state index contributed by atoms with van der Waals surface area (Å²) in [6.07, 6.45) is 2.78. The Labute approximate surface area is 131 Å². The summed E-state index contributed by atoms with van der Waals surface area (Å²) in [6.45, 7) is 4.00. The average molecular weight is 301 g/mol. The Morgan fingerprint density at radius 3 is 2.82 bits per heavy atom. The molecule has 1 amide bonds. The Morgan fingerprint density at radius 2 is 2.23 bits per heavy atom. The van der Waals surface area contributed by atoms with Crippen LogP contribution in [0.1, 0.15) is 36.3 Å². The zero-order valence-electron chi connectivity index (χ0n) is 13.6. The van der Waals surface area contributed by atoms with Gasteiger partial charge in [0.2, 0.25) is 5.91 Å². The molecule has 0 saturated carbocycles. The lowest BCUT2D eigenvalue weighted by molar-refractivity contribution is -0.131. The summed E-state index contributed by atoms with van der Waals surface area (Å²) < 4.78 is 5.27. The van der Waals surface area contributed by atoms with Crippen LogP contribution in [0.2, 0.25) is 0 Å². The molecule has 1 aromatic carbocycles. The molecule has 5 heteroatoms. The topological polar surface area (TPSA) is 58.2 Å². The largest absolute Gasteiger partial charge is 0.497 e. The van der Waals surface area contributed by atoms with E-state index in [1.165, 1.54) is 0 Å². The molecular formula is C17H23N3O2. The first-order valence-corrected chi connectivity index (χ1v) is 7.45. The summed E-state index contributed by atoms with van der Waals surface area (Å²) in [5.74, 6) is 0.866. The molecule has 2 aromatic rings. The van der Waals surface area contributed by atoms with Gasteiger partial charge in [0.05, 0.1) is 31.6 Å². The second-order valence-electron chi connectivity index (χ2n) is 5.36. The standard InChI is InChI=1S/C17H23N3O2/c1-5-16(13-7-6-8-14(9-13)22-4)20(3)17(21)10-15-12(2)18-11-19-15/h6-9,11,16H,5,10H2,1-4H3,(H,18,19). The van der Waals surface area contributed by atoms with Crippen molar-refractivity contribution < 1.29 is 9.53 Å². The molecule has 118 valence electrons. The number of carbonyl (C=O) groups excluding carboxylic acids is 1. The number of hydrogen-bond donors (Lipinski definition) is 1. The fourth-order valence-corrected chi connectivity index (χ4v) is 2.59. The van der Waals surface area contributed by atoms with Crippen molar-refractivity contribution in [3.05, 3.63) is 47.5 Å². The van der Waals surface area contributed by atoms with Gasteiger partial charge in [-0.2, -0.15) is 0 Å². The van der Waals surface area contributed by atoms with Crippen LogP contribution in [0, 0.1) is 6.92 Å². The zero-order valence-corrected chi connectivity index (χ0v) is 13.6. The molecule has 1 heterocycles. The quantitative estimate of drug-likeness (QED) is 0.892. The van der Waals surface area contributed by atoms with Crippen molar-refractivity contribution in [3.63, 3.8) is 0 Å². The minimum absolute atomic E-state index is 0.0295. The summed E-state index contributed by atoms with van der Waals surface area (Å²) in [4.78, 5) is 21.5. The van der Waals surface area contributed by atoms with Crippen molar-refractivity contribution in [1.82, 2.24) is 14.9 Å². The maximum atomic E-state index is 12.5. The third-order valence-electron chi connectivity index (χ3n) is 3.98. The van der Waals surface area contributed by atoms with Crippen molar-refractivity contribution >= 4 is 5.91 Å². The minimum Gasteiger partial charge on any atom is -0.497 e. The smallest absolute Gasteiger partial charge is 0.228 e. The van der Waals surface area contributed by atoms with Crippen LogP contribution in [0.4, 0.5) is 0 Å². The molecule has 1 unspecified atom stereocenters. The van der Waals surface area contributed by atoms with Crippen molar-refractivity contribution in [2.45, 2.75) is 32.7 Å². The van der Waals surface area contributed by atoms with Gasteiger partial charge >= 0.3 is 0 Å². The van der Waals surface area contributed by atoms with Gasteiger partial charge in [0.15, 0.2) is 0 Å². The number of aromatic nitrogens is 2. The van der Waals surface area contributed by atoms with Crippen molar-refractivity contribution in [2.24, 2.45) is 0 Å². The number of aromatic amines is 1. The number of hydrogen-bond acceptors (Lipinski definition) is 3. The summed E-state index contributed by atoms with van der Waals surface area (Å²) in [7, 11) is 3.49. The molecular weight excluding hydrogens is 278 g/mol. The molecule has 0 radical (unpaired) electrons. The molecule has 0 aliphatic rings. The highest BCUT2D eigenvalue weighted by Gasteiger charge is 2.21. The number of H-pyrrole nitrogens is 1. The number of nitrogens with zero attached hydrogens (tertiary/aromatic N) is 2. The maximum Gasteiger partial charge on any atom is 0.228 e. The molecule has 5 nitrogen and oxygen atoms in total. The van der Waals surface area contributed by atoms with Gasteiger partial charge in [0.1, 0.15) is 5.75 Å². The fraction of sp³-hybridized carbons (Fsp3) is 0.412. The van der Waals surface area contributed by atoms with Gasteiger partial charge < -0.3 is 14.6 Å². The Morgan fingerprint density at radius 1 is 1.45 bits per heavy atom. The number of nitrogens with one attached hydrogen (secondary N) is 1. The minimum atomic E-state index is 0.0295. The zero-order chi connectivity index (χ0) is 16.1. The van der Waals surface area contributed by atoms with Crippen molar-refractivity contribution in [3.8, 4) is 5.75 Å². The molecule has 2 rings (SSSR count). The molecule has 1 aromatic heterocycles. The molecule has 0 spiro atoms. The van der Waals surface area contributed by atoms with Crippen LogP contribution in [0.15, 0.2) is 30.6 Å². The van der Waals surface area contributed by atoms with Gasteiger partial charge in [-0.05, 0) is 31.0 Å². The van der Waals surface area contributed by atoms with Gasteiger partial charge in [0, 0.05) is 12.7 Å². The number of rotatable bonds is 6. The number of ether oxygens (including phenoxy) is 1. The molecule has 0 bridgehead atoms. The summed E-state index contributed by atoms with van der Waals surface area (Å²) in [5.41, 5.74) is 2.82. The molecule has 1 atom stereocenters. The first-order valence-electron chi connectivity index (χ1n) is 7.45. The van der Waals surface area contributed by atoms with Crippen LogP contribution < -0.4 is 4.74 Å². The van der Waals surface area contributed by atoms with Crippen LogP contribution in [-0.4, -0.2) is 34.9 Å². The molecule has 0 aliphatic heterocycles. The summed E-state index contributed by atoms with van der Waals surface area (Å²) in [5, 5.41) is 0. The first kappa shape index (κ1) is 16.1. The summed E-state index contributed by atoms with van der Waals surface area (Å²) in [6, 6.07) is 7.90.